The Labute approximate surface area is 220 Å². The van der Waals surface area contributed by atoms with Crippen LogP contribution in [0.1, 0.15) is 0 Å². The van der Waals surface area contributed by atoms with Crippen LogP contribution in [0.15, 0.2) is 118 Å². The summed E-state index contributed by atoms with van der Waals surface area (Å²) < 4.78 is 0. The molecule has 4 aromatic rings. The largest absolute Gasteiger partial charge is 0.368 e. The van der Waals surface area contributed by atoms with Crippen molar-refractivity contribution in [2.24, 2.45) is 20.5 Å². The fourth-order valence-corrected chi connectivity index (χ4v) is 4.18. The van der Waals surface area contributed by atoms with Crippen molar-refractivity contribution in [1.82, 2.24) is 0 Å². The molecule has 0 atom stereocenters. The van der Waals surface area contributed by atoms with Crippen molar-refractivity contribution in [3.8, 4) is 0 Å². The van der Waals surface area contributed by atoms with Gasteiger partial charge in [0.15, 0.2) is 0 Å². The summed E-state index contributed by atoms with van der Waals surface area (Å²) in [6.45, 7) is 3.79. The van der Waals surface area contributed by atoms with Crippen LogP contribution in [0, 0.1) is 0 Å². The molecule has 1 aliphatic heterocycles. The molecule has 180 valence electrons. The minimum absolute atomic E-state index is 0.687. The maximum atomic E-state index is 5.91. The Hall–Kier alpha value is -3.74. The van der Waals surface area contributed by atoms with Crippen molar-refractivity contribution < 1.29 is 0 Å². The summed E-state index contributed by atoms with van der Waals surface area (Å²) in [6, 6.07) is 31.0. The zero-order chi connectivity index (χ0) is 24.7. The summed E-state index contributed by atoms with van der Waals surface area (Å²) in [5, 5.41) is 18.6. The average Bonchev–Trinajstić information content (AvgIpc) is 2.93. The number of rotatable bonds is 6. The molecule has 36 heavy (non-hydrogen) atoms. The third-order valence-corrected chi connectivity index (χ3v) is 6.43. The van der Waals surface area contributed by atoms with Crippen molar-refractivity contribution in [2.75, 3.05) is 36.0 Å². The van der Waals surface area contributed by atoms with E-state index in [0.717, 1.165) is 48.9 Å². The second-order valence-corrected chi connectivity index (χ2v) is 9.23. The maximum Gasteiger partial charge on any atom is 0.0858 e. The van der Waals surface area contributed by atoms with Gasteiger partial charge in [0.25, 0.3) is 0 Å². The Morgan fingerprint density at radius 2 is 0.639 bits per heavy atom. The summed E-state index contributed by atoms with van der Waals surface area (Å²) in [6.07, 6.45) is 0. The van der Waals surface area contributed by atoms with Crippen molar-refractivity contribution in [2.45, 2.75) is 0 Å². The number of azo groups is 2. The van der Waals surface area contributed by atoms with E-state index in [1.807, 2.05) is 48.5 Å². The first-order chi connectivity index (χ1) is 17.6. The van der Waals surface area contributed by atoms with Crippen LogP contribution in [-0.2, 0) is 0 Å². The summed E-state index contributed by atoms with van der Waals surface area (Å²) >= 11 is 11.8. The van der Waals surface area contributed by atoms with Crippen molar-refractivity contribution in [3.63, 3.8) is 0 Å². The number of nitrogens with zero attached hydrogens (tertiary/aromatic N) is 6. The molecule has 4 aromatic carbocycles. The second-order valence-electron chi connectivity index (χ2n) is 8.36. The quantitative estimate of drug-likeness (QED) is 0.241. The normalized spacial score (nSPS) is 14.2. The molecule has 1 aliphatic rings. The number of halogens is 2. The molecule has 0 N–H and O–H groups in total. The lowest BCUT2D eigenvalue weighted by molar-refractivity contribution is 0.653. The zero-order valence-electron chi connectivity index (χ0n) is 19.5. The number of anilines is 2. The molecule has 1 fully saturated rings. The molecule has 0 aromatic heterocycles. The van der Waals surface area contributed by atoms with Gasteiger partial charge in [0.1, 0.15) is 0 Å². The summed E-state index contributed by atoms with van der Waals surface area (Å²) in [4.78, 5) is 4.79. The number of benzene rings is 4. The minimum atomic E-state index is 0.687. The monoisotopic (exact) mass is 514 g/mol. The number of hydrogen-bond donors (Lipinski definition) is 0. The fourth-order valence-electron chi connectivity index (χ4n) is 3.93. The van der Waals surface area contributed by atoms with Gasteiger partial charge in [-0.15, -0.1) is 0 Å². The number of hydrogen-bond acceptors (Lipinski definition) is 6. The molecule has 0 bridgehead atoms. The van der Waals surface area contributed by atoms with Crippen LogP contribution >= 0.6 is 23.2 Å². The van der Waals surface area contributed by atoms with Gasteiger partial charge in [-0.05, 0) is 97.1 Å². The fraction of sp³-hybridized carbons (Fsp3) is 0.143. The molecular formula is C28H24Cl2N6. The third kappa shape index (κ3) is 6.27. The molecule has 1 heterocycles. The predicted molar refractivity (Wildman–Crippen MR) is 149 cm³/mol. The van der Waals surface area contributed by atoms with E-state index in [2.05, 4.69) is 54.5 Å². The molecule has 0 amide bonds. The van der Waals surface area contributed by atoms with Crippen LogP contribution in [0.25, 0.3) is 0 Å². The third-order valence-electron chi connectivity index (χ3n) is 5.92. The van der Waals surface area contributed by atoms with Gasteiger partial charge >= 0.3 is 0 Å². The van der Waals surface area contributed by atoms with Crippen LogP contribution in [-0.4, -0.2) is 26.2 Å². The summed E-state index contributed by atoms with van der Waals surface area (Å²) in [7, 11) is 0. The van der Waals surface area contributed by atoms with Crippen LogP contribution in [0.2, 0.25) is 10.0 Å². The summed E-state index contributed by atoms with van der Waals surface area (Å²) in [5.41, 5.74) is 5.58. The average molecular weight is 515 g/mol. The van der Waals surface area contributed by atoms with E-state index in [1.165, 1.54) is 11.4 Å². The van der Waals surface area contributed by atoms with Gasteiger partial charge in [0, 0.05) is 47.6 Å². The van der Waals surface area contributed by atoms with Gasteiger partial charge in [0.2, 0.25) is 0 Å². The highest BCUT2D eigenvalue weighted by Gasteiger charge is 2.17. The van der Waals surface area contributed by atoms with Gasteiger partial charge in [-0.3, -0.25) is 0 Å². The maximum absolute atomic E-state index is 5.91. The molecule has 0 unspecified atom stereocenters. The van der Waals surface area contributed by atoms with Gasteiger partial charge in [-0.2, -0.15) is 20.5 Å². The molecule has 0 radical (unpaired) electrons. The molecule has 0 aliphatic carbocycles. The highest BCUT2D eigenvalue weighted by atomic mass is 35.5. The first-order valence-electron chi connectivity index (χ1n) is 11.7. The van der Waals surface area contributed by atoms with Crippen LogP contribution < -0.4 is 9.80 Å². The van der Waals surface area contributed by atoms with Gasteiger partial charge in [-0.25, -0.2) is 0 Å². The van der Waals surface area contributed by atoms with E-state index in [-0.39, 0.29) is 0 Å². The van der Waals surface area contributed by atoms with Gasteiger partial charge in [-0.1, -0.05) is 23.2 Å². The molecule has 6 nitrogen and oxygen atoms in total. The Morgan fingerprint density at radius 1 is 0.389 bits per heavy atom. The van der Waals surface area contributed by atoms with Gasteiger partial charge < -0.3 is 9.80 Å². The van der Waals surface area contributed by atoms with E-state index in [1.54, 1.807) is 24.3 Å². The summed E-state index contributed by atoms with van der Waals surface area (Å²) in [5.74, 6) is 0. The predicted octanol–water partition coefficient (Wildman–Crippen LogP) is 9.15. The SMILES string of the molecule is Clc1ccc(N=Nc2ccc(N3CCN(c4ccc(N=Nc5ccc(Cl)cc5)cc4)CC3)cc2)cc1. The topological polar surface area (TPSA) is 55.9 Å². The first-order valence-corrected chi connectivity index (χ1v) is 12.4. The van der Waals surface area contributed by atoms with E-state index in [4.69, 9.17) is 23.2 Å². The standard InChI is InChI=1S/C28H24Cl2N6/c29-21-1-5-23(6-2-21)31-33-25-9-13-27(14-10-25)35-17-19-36(20-18-35)28-15-11-26(12-16-28)34-32-24-7-3-22(30)4-8-24/h1-16H,17-20H2. The Morgan fingerprint density at radius 3 is 0.917 bits per heavy atom. The van der Waals surface area contributed by atoms with Crippen LogP contribution in [0.3, 0.4) is 0 Å². The van der Waals surface area contributed by atoms with E-state index < -0.39 is 0 Å². The van der Waals surface area contributed by atoms with E-state index >= 15 is 0 Å². The molecule has 5 rings (SSSR count). The van der Waals surface area contributed by atoms with E-state index in [0.29, 0.717) is 10.0 Å². The Balaban J connectivity index is 1.14. The molecule has 0 saturated carbocycles. The lowest BCUT2D eigenvalue weighted by Gasteiger charge is -2.37. The first kappa shape index (κ1) is 24.0. The second kappa shape index (κ2) is 11.3. The number of piperazine rings is 1. The lowest BCUT2D eigenvalue weighted by atomic mass is 10.2. The molecule has 0 spiro atoms. The van der Waals surface area contributed by atoms with E-state index in [9.17, 15) is 0 Å². The van der Waals surface area contributed by atoms with Gasteiger partial charge in [0.05, 0.1) is 22.7 Å². The molecular weight excluding hydrogens is 491 g/mol. The van der Waals surface area contributed by atoms with Crippen molar-refractivity contribution in [3.05, 3.63) is 107 Å². The Bertz CT molecular complexity index is 1220. The van der Waals surface area contributed by atoms with Crippen molar-refractivity contribution >= 4 is 57.3 Å². The smallest absolute Gasteiger partial charge is 0.0858 e. The Kier molecular flexibility index (Phi) is 7.55. The molecule has 1 saturated heterocycles. The minimum Gasteiger partial charge on any atom is -0.368 e. The highest BCUT2D eigenvalue weighted by molar-refractivity contribution is 6.30. The zero-order valence-corrected chi connectivity index (χ0v) is 21.0. The van der Waals surface area contributed by atoms with Crippen molar-refractivity contribution in [1.29, 1.82) is 0 Å². The highest BCUT2D eigenvalue weighted by Crippen LogP contribution is 2.27. The lowest BCUT2D eigenvalue weighted by Crippen LogP contribution is -2.46. The van der Waals surface area contributed by atoms with Crippen LogP contribution in [0.5, 0.6) is 0 Å². The molecule has 8 heteroatoms. The van der Waals surface area contributed by atoms with Crippen LogP contribution in [0.4, 0.5) is 34.1 Å².